The van der Waals surface area contributed by atoms with E-state index in [9.17, 15) is 18.8 Å². The van der Waals surface area contributed by atoms with Gasteiger partial charge in [0, 0.05) is 31.6 Å². The van der Waals surface area contributed by atoms with Gasteiger partial charge in [-0.1, -0.05) is 0 Å². The highest BCUT2D eigenvalue weighted by Gasteiger charge is 2.51. The highest BCUT2D eigenvalue weighted by molar-refractivity contribution is 6.00. The van der Waals surface area contributed by atoms with Crippen LogP contribution in [0.4, 0.5) is 14.6 Å². The summed E-state index contributed by atoms with van der Waals surface area (Å²) in [6.45, 7) is 0.508. The van der Waals surface area contributed by atoms with Crippen LogP contribution in [0.1, 0.15) is 68.1 Å². The number of amides is 1. The molecule has 4 saturated carbocycles. The summed E-state index contributed by atoms with van der Waals surface area (Å²) in [5, 5.41) is 0.167. The number of ketones is 1. The summed E-state index contributed by atoms with van der Waals surface area (Å²) in [7, 11) is 0. The maximum atomic E-state index is 15.0. The number of fused-ring (bicyclic) bond motifs is 1. The average molecular weight is 518 g/mol. The molecule has 1 amide bonds. The molecule has 0 radical (unpaired) electrons. The van der Waals surface area contributed by atoms with Crippen molar-refractivity contribution < 1.29 is 18.4 Å². The molecular formula is C30H29F2N3O3. The fourth-order valence-corrected chi connectivity index (χ4v) is 8.24. The lowest BCUT2D eigenvalue weighted by molar-refractivity contribution is -0.117. The number of pyridine rings is 2. The number of nitrogens with zero attached hydrogens (tertiary/aromatic N) is 3. The number of carbonyl (C=O) groups excluding carboxylic acids is 2. The van der Waals surface area contributed by atoms with E-state index in [1.807, 2.05) is 0 Å². The van der Waals surface area contributed by atoms with Crippen LogP contribution in [0.25, 0.3) is 16.7 Å². The minimum absolute atomic E-state index is 0.00349. The monoisotopic (exact) mass is 517 g/mol. The van der Waals surface area contributed by atoms with Crippen LogP contribution in [-0.2, 0) is 4.79 Å². The van der Waals surface area contributed by atoms with Gasteiger partial charge in [-0.15, -0.1) is 0 Å². The fourth-order valence-electron chi connectivity index (χ4n) is 8.24. The molecule has 1 saturated heterocycles. The van der Waals surface area contributed by atoms with E-state index in [2.05, 4.69) is 4.98 Å². The predicted octanol–water partition coefficient (Wildman–Crippen LogP) is 5.58. The quantitative estimate of drug-likeness (QED) is 0.414. The number of hydrogen-bond donors (Lipinski definition) is 0. The van der Waals surface area contributed by atoms with Crippen molar-refractivity contribution >= 4 is 28.5 Å². The first-order valence-electron chi connectivity index (χ1n) is 13.6. The Hall–Kier alpha value is -3.42. The molecule has 0 atom stereocenters. The summed E-state index contributed by atoms with van der Waals surface area (Å²) in [5.74, 6) is 0.521. The summed E-state index contributed by atoms with van der Waals surface area (Å²) in [6.07, 6.45) is 9.68. The lowest BCUT2D eigenvalue weighted by Crippen LogP contribution is -2.47. The second-order valence-corrected chi connectivity index (χ2v) is 12.0. The molecule has 38 heavy (non-hydrogen) atoms. The number of benzene rings is 1. The Kier molecular flexibility index (Phi) is 5.33. The third-order valence-corrected chi connectivity index (χ3v) is 9.36. The molecule has 8 rings (SSSR count). The third-order valence-electron chi connectivity index (χ3n) is 9.36. The summed E-state index contributed by atoms with van der Waals surface area (Å²) >= 11 is 0. The molecule has 0 unspecified atom stereocenters. The first-order valence-corrected chi connectivity index (χ1v) is 13.6. The Morgan fingerprint density at radius 1 is 1.00 bits per heavy atom. The van der Waals surface area contributed by atoms with Gasteiger partial charge in [-0.3, -0.25) is 23.9 Å². The Labute approximate surface area is 218 Å². The second kappa shape index (κ2) is 8.55. The number of halogens is 2. The summed E-state index contributed by atoms with van der Waals surface area (Å²) in [5.41, 5.74) is -0.386. The molecule has 0 spiro atoms. The number of carbonyl (C=O) groups is 2. The van der Waals surface area contributed by atoms with Gasteiger partial charge in [0.15, 0.2) is 11.4 Å². The standard InChI is InChI=1S/C30H29F2N3O3/c31-20-3-5-24(23(32)11-20)35-16-22(25(36)15-30-12-17-8-18(13-30)10-19(9-17)14-30)28(38)21-4-6-26(33-29(21)35)34-7-1-2-27(34)37/h3-6,11,16-19H,1-2,7-10,12-15H2. The highest BCUT2D eigenvalue weighted by atomic mass is 19.1. The molecule has 8 heteroatoms. The molecule has 2 aromatic heterocycles. The largest absolute Gasteiger partial charge is 0.297 e. The minimum Gasteiger partial charge on any atom is -0.297 e. The Morgan fingerprint density at radius 3 is 2.34 bits per heavy atom. The maximum Gasteiger partial charge on any atom is 0.228 e. The van der Waals surface area contributed by atoms with Crippen molar-refractivity contribution in [3.8, 4) is 5.69 Å². The molecular weight excluding hydrogens is 488 g/mol. The predicted molar refractivity (Wildman–Crippen MR) is 138 cm³/mol. The molecule has 4 aliphatic carbocycles. The van der Waals surface area contributed by atoms with Gasteiger partial charge in [-0.2, -0.15) is 0 Å². The maximum absolute atomic E-state index is 15.0. The normalized spacial score (nSPS) is 28.0. The van der Waals surface area contributed by atoms with Crippen molar-refractivity contribution in [2.24, 2.45) is 23.2 Å². The number of hydrogen-bond acceptors (Lipinski definition) is 4. The number of rotatable bonds is 5. The summed E-state index contributed by atoms with van der Waals surface area (Å²) < 4.78 is 30.2. The van der Waals surface area contributed by atoms with E-state index in [1.165, 1.54) is 36.1 Å². The zero-order valence-electron chi connectivity index (χ0n) is 21.1. The van der Waals surface area contributed by atoms with Crippen molar-refractivity contribution in [2.45, 2.75) is 57.8 Å². The van der Waals surface area contributed by atoms with Crippen molar-refractivity contribution in [1.29, 1.82) is 0 Å². The Bertz CT molecular complexity index is 1530. The smallest absolute Gasteiger partial charge is 0.228 e. The van der Waals surface area contributed by atoms with Crippen LogP contribution in [0, 0.1) is 34.8 Å². The van der Waals surface area contributed by atoms with Gasteiger partial charge in [0.05, 0.1) is 16.6 Å². The minimum atomic E-state index is -0.834. The number of Topliss-reactive ketones (excluding diaryl/α,β-unsaturated/α-hetero) is 1. The average Bonchev–Trinajstić information content (AvgIpc) is 3.29. The van der Waals surface area contributed by atoms with Crippen LogP contribution in [0.15, 0.2) is 41.3 Å². The fraction of sp³-hybridized carbons (Fsp3) is 0.467. The van der Waals surface area contributed by atoms with Crippen molar-refractivity contribution in [2.75, 3.05) is 11.4 Å². The van der Waals surface area contributed by atoms with Crippen LogP contribution >= 0.6 is 0 Å². The van der Waals surface area contributed by atoms with Crippen molar-refractivity contribution in [1.82, 2.24) is 9.55 Å². The van der Waals surface area contributed by atoms with Crippen LogP contribution in [0.5, 0.6) is 0 Å². The molecule has 3 aromatic rings. The van der Waals surface area contributed by atoms with E-state index in [0.717, 1.165) is 31.4 Å². The molecule has 196 valence electrons. The van der Waals surface area contributed by atoms with Crippen molar-refractivity contribution in [3.05, 3.63) is 63.9 Å². The van der Waals surface area contributed by atoms with Crippen LogP contribution in [0.2, 0.25) is 0 Å². The summed E-state index contributed by atoms with van der Waals surface area (Å²) in [4.78, 5) is 45.9. The highest BCUT2D eigenvalue weighted by Crippen LogP contribution is 2.61. The number of anilines is 1. The van der Waals surface area contributed by atoms with E-state index >= 15 is 4.39 Å². The molecule has 0 N–H and O–H groups in total. The molecule has 1 aliphatic heterocycles. The van der Waals surface area contributed by atoms with Gasteiger partial charge in [0.1, 0.15) is 17.5 Å². The van der Waals surface area contributed by atoms with Gasteiger partial charge in [0.25, 0.3) is 0 Å². The molecule has 5 aliphatic rings. The van der Waals surface area contributed by atoms with Gasteiger partial charge < -0.3 is 0 Å². The summed E-state index contributed by atoms with van der Waals surface area (Å²) in [6, 6.07) is 6.34. The molecule has 6 nitrogen and oxygen atoms in total. The topological polar surface area (TPSA) is 72.3 Å². The molecule has 3 heterocycles. The zero-order chi connectivity index (χ0) is 26.2. The SMILES string of the molecule is O=C(CC12CC3CC(CC(C3)C1)C2)c1cn(-c2ccc(F)cc2F)c2nc(N3CCCC3=O)ccc2c1=O. The molecule has 4 bridgehead atoms. The number of aromatic nitrogens is 2. The zero-order valence-corrected chi connectivity index (χ0v) is 21.1. The molecule has 5 fully saturated rings. The van der Waals surface area contributed by atoms with Gasteiger partial charge in [-0.25, -0.2) is 13.8 Å². The van der Waals surface area contributed by atoms with Gasteiger partial charge >= 0.3 is 0 Å². The van der Waals surface area contributed by atoms with E-state index in [-0.39, 0.29) is 39.4 Å². The second-order valence-electron chi connectivity index (χ2n) is 12.0. The van der Waals surface area contributed by atoms with Crippen LogP contribution in [0.3, 0.4) is 0 Å². The van der Waals surface area contributed by atoms with E-state index < -0.39 is 17.1 Å². The lowest BCUT2D eigenvalue weighted by Gasteiger charge is -2.56. The van der Waals surface area contributed by atoms with Crippen molar-refractivity contribution in [3.63, 3.8) is 0 Å². The van der Waals surface area contributed by atoms with E-state index in [0.29, 0.717) is 49.4 Å². The molecule has 1 aromatic carbocycles. The van der Waals surface area contributed by atoms with E-state index in [1.54, 1.807) is 17.0 Å². The first-order chi connectivity index (χ1) is 18.3. The third kappa shape index (κ3) is 3.79. The Balaban J connectivity index is 1.35. The van der Waals surface area contributed by atoms with Gasteiger partial charge in [0.2, 0.25) is 11.3 Å². The van der Waals surface area contributed by atoms with Crippen LogP contribution in [-0.4, -0.2) is 27.8 Å². The van der Waals surface area contributed by atoms with Crippen LogP contribution < -0.4 is 10.3 Å². The first kappa shape index (κ1) is 23.7. The Morgan fingerprint density at radius 2 is 1.71 bits per heavy atom. The lowest BCUT2D eigenvalue weighted by atomic mass is 9.48. The van der Waals surface area contributed by atoms with Gasteiger partial charge in [-0.05, 0) is 92.4 Å². The van der Waals surface area contributed by atoms with E-state index in [4.69, 9.17) is 0 Å².